The number of imide groups is 1. The minimum Gasteiger partial charge on any atom is -0.480 e. The number of nitrogens with one attached hydrogen (secondary N) is 5. The average molecular weight is 911 g/mol. The highest BCUT2D eigenvalue weighted by molar-refractivity contribution is 6.13. The van der Waals surface area contributed by atoms with Gasteiger partial charge in [-0.3, -0.25) is 43.3 Å². The lowest BCUT2D eigenvalue weighted by Gasteiger charge is -2.18. The number of amides is 7. The van der Waals surface area contributed by atoms with Crippen molar-refractivity contribution >= 4 is 47.3 Å². The molecule has 358 valence electrons. The second-order valence-corrected chi connectivity index (χ2v) is 13.4. The van der Waals surface area contributed by atoms with E-state index in [0.717, 1.165) is 10.5 Å². The zero-order valence-electron chi connectivity index (χ0n) is 36.0. The van der Waals surface area contributed by atoms with Crippen molar-refractivity contribution in [1.29, 1.82) is 0 Å². The van der Waals surface area contributed by atoms with E-state index in [1.807, 2.05) is 0 Å². The van der Waals surface area contributed by atoms with Gasteiger partial charge >= 0.3 is 5.97 Å². The van der Waals surface area contributed by atoms with Crippen molar-refractivity contribution in [3.05, 3.63) is 48.0 Å². The summed E-state index contributed by atoms with van der Waals surface area (Å²) in [5.74, 6) is -4.76. The second-order valence-electron chi connectivity index (χ2n) is 13.4. The third-order valence-corrected chi connectivity index (χ3v) is 8.35. The lowest BCUT2D eigenvalue weighted by atomic mass is 10.1. The summed E-state index contributed by atoms with van der Waals surface area (Å²) in [7, 11) is 0. The van der Waals surface area contributed by atoms with Crippen LogP contribution in [-0.2, 0) is 82.7 Å². The molecule has 1 aliphatic heterocycles. The number of benzene rings is 1. The summed E-state index contributed by atoms with van der Waals surface area (Å²) < 4.78 is 43.4. The summed E-state index contributed by atoms with van der Waals surface area (Å²) >= 11 is 0. The van der Waals surface area contributed by atoms with E-state index in [4.69, 9.17) is 43.0 Å². The maximum atomic E-state index is 12.5. The molecule has 1 aliphatic rings. The third kappa shape index (κ3) is 29.1. The van der Waals surface area contributed by atoms with Crippen LogP contribution in [0.2, 0.25) is 0 Å². The highest BCUT2D eigenvalue weighted by Gasteiger charge is 2.24. The number of hydrogen-bond acceptors (Lipinski definition) is 16. The molecule has 0 aromatic heterocycles. The molecule has 64 heavy (non-hydrogen) atoms. The van der Waals surface area contributed by atoms with Gasteiger partial charge < -0.3 is 69.6 Å². The second kappa shape index (κ2) is 36.0. The maximum absolute atomic E-state index is 12.5. The van der Waals surface area contributed by atoms with Crippen LogP contribution >= 0.6 is 0 Å². The highest BCUT2D eigenvalue weighted by atomic mass is 16.6. The van der Waals surface area contributed by atoms with Crippen LogP contribution in [0.4, 0.5) is 0 Å². The fourth-order valence-corrected chi connectivity index (χ4v) is 5.12. The summed E-state index contributed by atoms with van der Waals surface area (Å²) in [6.07, 6.45) is 2.50. The Labute approximate surface area is 371 Å². The fraction of sp³-hybridized carbons (Fsp3) is 0.610. The average Bonchev–Trinajstić information content (AvgIpc) is 3.61. The first kappa shape index (κ1) is 54.7. The summed E-state index contributed by atoms with van der Waals surface area (Å²) in [6, 6.07) is 7.74. The molecule has 0 bridgehead atoms. The van der Waals surface area contributed by atoms with Crippen molar-refractivity contribution in [2.75, 3.05) is 138 Å². The Hall–Kier alpha value is -5.40. The zero-order chi connectivity index (χ0) is 46.5. The number of carbonyl (C=O) groups is 8. The van der Waals surface area contributed by atoms with Crippen molar-refractivity contribution in [3.63, 3.8) is 0 Å². The first-order chi connectivity index (χ1) is 31.0. The number of nitrogens with zero attached hydrogens (tertiary/aromatic N) is 1. The minimum absolute atomic E-state index is 0.00208. The largest absolute Gasteiger partial charge is 0.480 e. The summed E-state index contributed by atoms with van der Waals surface area (Å²) in [5.41, 5.74) is 0.734. The molecule has 0 radical (unpaired) electrons. The molecule has 23 heteroatoms. The molecule has 1 atom stereocenters. The van der Waals surface area contributed by atoms with Gasteiger partial charge in [0.1, 0.15) is 12.6 Å². The molecule has 2 rings (SSSR count). The van der Waals surface area contributed by atoms with Gasteiger partial charge in [-0.05, 0) is 5.56 Å². The predicted octanol–water partition coefficient (Wildman–Crippen LogP) is -2.90. The molecule has 0 aliphatic carbocycles. The molecular formula is C41H62N6O17. The Morgan fingerprint density at radius 3 is 1.44 bits per heavy atom. The molecule has 1 aromatic carbocycles. The van der Waals surface area contributed by atoms with Crippen molar-refractivity contribution < 1.29 is 81.4 Å². The lowest BCUT2D eigenvalue weighted by molar-refractivity contribution is -0.139. The van der Waals surface area contributed by atoms with Crippen molar-refractivity contribution in [3.8, 4) is 0 Å². The maximum Gasteiger partial charge on any atom is 0.322 e. The van der Waals surface area contributed by atoms with E-state index in [0.29, 0.717) is 99.0 Å². The van der Waals surface area contributed by atoms with Gasteiger partial charge in [0, 0.05) is 44.5 Å². The molecule has 7 amide bonds. The van der Waals surface area contributed by atoms with Gasteiger partial charge in [0.05, 0.1) is 119 Å². The van der Waals surface area contributed by atoms with Crippen LogP contribution in [0.3, 0.4) is 0 Å². The van der Waals surface area contributed by atoms with Gasteiger partial charge in [0.15, 0.2) is 0 Å². The van der Waals surface area contributed by atoms with Gasteiger partial charge in [-0.15, -0.1) is 0 Å². The van der Waals surface area contributed by atoms with Gasteiger partial charge in [-0.2, -0.15) is 0 Å². The van der Waals surface area contributed by atoms with Crippen LogP contribution in [-0.4, -0.2) is 202 Å². The van der Waals surface area contributed by atoms with Crippen LogP contribution in [0.15, 0.2) is 42.5 Å². The Morgan fingerprint density at radius 1 is 0.500 bits per heavy atom. The van der Waals surface area contributed by atoms with Crippen molar-refractivity contribution in [2.24, 2.45) is 0 Å². The van der Waals surface area contributed by atoms with E-state index >= 15 is 0 Å². The van der Waals surface area contributed by atoms with E-state index in [-0.39, 0.29) is 51.5 Å². The highest BCUT2D eigenvalue weighted by Crippen LogP contribution is 2.05. The van der Waals surface area contributed by atoms with Crippen LogP contribution in [0.5, 0.6) is 0 Å². The van der Waals surface area contributed by atoms with Crippen LogP contribution in [0, 0.1) is 0 Å². The molecule has 1 aromatic rings. The Balaban J connectivity index is 1.28. The Kier molecular flexibility index (Phi) is 30.8. The first-order valence-electron chi connectivity index (χ1n) is 20.8. The van der Waals surface area contributed by atoms with Gasteiger partial charge in [0.2, 0.25) is 29.5 Å². The summed E-state index contributed by atoms with van der Waals surface area (Å²) in [5, 5.41) is 21.0. The summed E-state index contributed by atoms with van der Waals surface area (Å²) in [4.78, 5) is 95.7. The number of aliphatic carboxylic acids is 1. The molecule has 0 unspecified atom stereocenters. The van der Waals surface area contributed by atoms with Crippen LogP contribution in [0.1, 0.15) is 18.4 Å². The molecule has 0 saturated heterocycles. The SMILES string of the molecule is O=C(O)CNC(=O)[C@H](Cc1ccccc1)NC(=O)CNC(=O)CNC(=O)CCOCCOCCOCCOCCOCCOCCOCCOCCNC(=O)CCN1C(=O)C=CC1=O. The third-order valence-electron chi connectivity index (χ3n) is 8.35. The molecular weight excluding hydrogens is 848 g/mol. The number of carboxylic acid groups (broad SMARTS) is 1. The molecule has 6 N–H and O–H groups in total. The predicted molar refractivity (Wildman–Crippen MR) is 223 cm³/mol. The van der Waals surface area contributed by atoms with Crippen molar-refractivity contribution in [1.82, 2.24) is 31.5 Å². The summed E-state index contributed by atoms with van der Waals surface area (Å²) in [6.45, 7) is 4.53. The quantitative estimate of drug-likeness (QED) is 0.0284. The fourth-order valence-electron chi connectivity index (χ4n) is 5.12. The topological polar surface area (TPSA) is 294 Å². The van der Waals surface area contributed by atoms with Gasteiger partial charge in [0.25, 0.3) is 11.8 Å². The molecule has 23 nitrogen and oxygen atoms in total. The van der Waals surface area contributed by atoms with E-state index in [1.165, 1.54) is 12.2 Å². The van der Waals surface area contributed by atoms with E-state index in [9.17, 15) is 38.4 Å². The first-order valence-corrected chi connectivity index (χ1v) is 20.8. The molecule has 0 fully saturated rings. The number of rotatable bonds is 40. The van der Waals surface area contributed by atoms with Gasteiger partial charge in [-0.1, -0.05) is 30.3 Å². The Morgan fingerprint density at radius 2 is 0.938 bits per heavy atom. The Bertz CT molecular complexity index is 1570. The minimum atomic E-state index is -1.24. The van der Waals surface area contributed by atoms with E-state index in [1.54, 1.807) is 30.3 Å². The van der Waals surface area contributed by atoms with Crippen LogP contribution in [0.25, 0.3) is 0 Å². The number of hydrogen-bond donors (Lipinski definition) is 6. The van der Waals surface area contributed by atoms with Gasteiger partial charge in [-0.25, -0.2) is 0 Å². The van der Waals surface area contributed by atoms with Crippen molar-refractivity contribution in [2.45, 2.75) is 25.3 Å². The normalized spacial score (nSPS) is 12.5. The van der Waals surface area contributed by atoms with E-state index < -0.39 is 60.5 Å². The van der Waals surface area contributed by atoms with E-state index in [2.05, 4.69) is 26.6 Å². The molecule has 0 spiro atoms. The molecule has 1 heterocycles. The monoisotopic (exact) mass is 910 g/mol. The number of carboxylic acids is 1. The zero-order valence-corrected chi connectivity index (χ0v) is 36.0. The lowest BCUT2D eigenvalue weighted by Crippen LogP contribution is -2.51. The number of carbonyl (C=O) groups excluding carboxylic acids is 7. The molecule has 0 saturated carbocycles. The van der Waals surface area contributed by atoms with Crippen LogP contribution < -0.4 is 26.6 Å². The standard InChI is InChI=1S/C41H62N6O17/c48-34(8-11-47-38(52)6-7-39(47)53)42-10-13-58-15-17-60-19-21-62-23-25-64-27-26-63-24-22-61-20-18-59-16-14-57-12-9-35(49)43-29-36(50)44-30-37(51)46-33(41(56)45-31-40(54)55)28-32-4-2-1-3-5-32/h1-7,33H,8-31H2,(H,42,48)(H,43,49)(H,44,50)(H,45,56)(H,46,51)(H,54,55)/t33-/m0/s1. The number of ether oxygens (including phenoxy) is 8. The smallest absolute Gasteiger partial charge is 0.322 e.